The third-order valence-corrected chi connectivity index (χ3v) is 5.42. The molecule has 2 atom stereocenters. The van der Waals surface area contributed by atoms with E-state index in [1.54, 1.807) is 0 Å². The average Bonchev–Trinajstić information content (AvgIpc) is 3.00. The summed E-state index contributed by atoms with van der Waals surface area (Å²) in [5.41, 5.74) is 7.83. The van der Waals surface area contributed by atoms with Crippen LogP contribution in [0.15, 0.2) is 28.6 Å². The zero-order valence-corrected chi connectivity index (χ0v) is 13.4. The van der Waals surface area contributed by atoms with Gasteiger partial charge >= 0.3 is 0 Å². The molecular weight excluding hydrogens is 304 g/mol. The summed E-state index contributed by atoms with van der Waals surface area (Å²) >= 11 is 2.72. The average molecular weight is 320 g/mol. The summed E-state index contributed by atoms with van der Waals surface area (Å²) < 4.78 is 0.730. The number of hydrogen-bond acceptors (Lipinski definition) is 6. The molecule has 0 spiro atoms. The number of thioether (sulfide) groups is 1. The van der Waals surface area contributed by atoms with Gasteiger partial charge in [-0.15, -0.1) is 10.2 Å². The maximum absolute atomic E-state index is 12.8. The minimum atomic E-state index is -0.217. The molecule has 1 aromatic heterocycles. The van der Waals surface area contributed by atoms with Crippen LogP contribution in [0.3, 0.4) is 0 Å². The van der Waals surface area contributed by atoms with Crippen molar-refractivity contribution in [2.24, 2.45) is 0 Å². The summed E-state index contributed by atoms with van der Waals surface area (Å²) in [6, 6.07) is 8.28. The number of nitrogen functional groups attached to an aromatic ring is 1. The van der Waals surface area contributed by atoms with Crippen LogP contribution in [0.25, 0.3) is 0 Å². The Morgan fingerprint density at radius 3 is 2.95 bits per heavy atom. The summed E-state index contributed by atoms with van der Waals surface area (Å²) in [5, 5.41) is 7.95. The molecule has 2 heterocycles. The predicted octanol–water partition coefficient (Wildman–Crippen LogP) is 2.58. The molecule has 0 bridgehead atoms. The molecule has 7 heteroatoms. The lowest BCUT2D eigenvalue weighted by molar-refractivity contribution is -0.118. The van der Waals surface area contributed by atoms with Gasteiger partial charge in [0.25, 0.3) is 0 Å². The highest BCUT2D eigenvalue weighted by atomic mass is 32.2. The lowest BCUT2D eigenvalue weighted by Crippen LogP contribution is -2.40. The van der Waals surface area contributed by atoms with Crippen molar-refractivity contribution in [1.29, 1.82) is 0 Å². The normalized spacial score (nSPS) is 18.6. The Balaban J connectivity index is 1.78. The molecule has 0 radical (unpaired) electrons. The Labute approximate surface area is 131 Å². The zero-order valence-electron chi connectivity index (χ0n) is 11.8. The molecule has 21 heavy (non-hydrogen) atoms. The van der Waals surface area contributed by atoms with E-state index < -0.39 is 0 Å². The summed E-state index contributed by atoms with van der Waals surface area (Å²) in [6.07, 6.45) is 0.908. The van der Waals surface area contributed by atoms with Gasteiger partial charge in [0.1, 0.15) is 0 Å². The van der Waals surface area contributed by atoms with Crippen LogP contribution in [0.1, 0.15) is 19.4 Å². The first-order chi connectivity index (χ1) is 10.1. The second-order valence-electron chi connectivity index (χ2n) is 5.06. The standard InChI is InChI=1S/C14H16N4OS2/c1-8-7-10-5-3-4-6-11(10)18(8)12(19)9(2)20-14-17-16-13(15)21-14/h3-6,8-9H,7H2,1-2H3,(H2,15,16). The molecule has 110 valence electrons. The van der Waals surface area contributed by atoms with Crippen LogP contribution in [0, 0.1) is 0 Å². The molecule has 5 nitrogen and oxygen atoms in total. The largest absolute Gasteiger partial charge is 0.374 e. The van der Waals surface area contributed by atoms with Gasteiger partial charge in [0.15, 0.2) is 4.34 Å². The van der Waals surface area contributed by atoms with E-state index >= 15 is 0 Å². The van der Waals surface area contributed by atoms with Gasteiger partial charge in [0.2, 0.25) is 11.0 Å². The zero-order chi connectivity index (χ0) is 15.0. The van der Waals surface area contributed by atoms with Gasteiger partial charge in [-0.2, -0.15) is 0 Å². The van der Waals surface area contributed by atoms with Gasteiger partial charge in [0.05, 0.1) is 5.25 Å². The van der Waals surface area contributed by atoms with Crippen LogP contribution in [0.2, 0.25) is 0 Å². The molecule has 1 aromatic carbocycles. The maximum atomic E-state index is 12.8. The van der Waals surface area contributed by atoms with Crippen molar-refractivity contribution >= 4 is 39.8 Å². The molecule has 1 aliphatic heterocycles. The maximum Gasteiger partial charge on any atom is 0.240 e. The second kappa shape index (κ2) is 5.65. The highest BCUT2D eigenvalue weighted by Gasteiger charge is 2.33. The van der Waals surface area contributed by atoms with Crippen molar-refractivity contribution in [3.05, 3.63) is 29.8 Å². The molecule has 0 saturated carbocycles. The number of rotatable bonds is 3. The Kier molecular flexibility index (Phi) is 3.86. The van der Waals surface area contributed by atoms with Crippen LogP contribution in [0.5, 0.6) is 0 Å². The quantitative estimate of drug-likeness (QED) is 0.880. The number of nitrogens with two attached hydrogens (primary N) is 1. The van der Waals surface area contributed by atoms with Crippen molar-refractivity contribution in [1.82, 2.24) is 10.2 Å². The second-order valence-corrected chi connectivity index (χ2v) is 7.65. The van der Waals surface area contributed by atoms with E-state index in [4.69, 9.17) is 5.73 Å². The van der Waals surface area contributed by atoms with E-state index in [0.29, 0.717) is 5.13 Å². The first-order valence-corrected chi connectivity index (χ1v) is 8.42. The minimum Gasteiger partial charge on any atom is -0.374 e. The number of nitrogens with zero attached hydrogens (tertiary/aromatic N) is 3. The number of fused-ring (bicyclic) bond motifs is 1. The molecule has 0 fully saturated rings. The number of amides is 1. The first-order valence-electron chi connectivity index (χ1n) is 6.73. The third kappa shape index (κ3) is 2.75. The molecule has 0 aliphatic carbocycles. The van der Waals surface area contributed by atoms with Crippen molar-refractivity contribution < 1.29 is 4.79 Å². The molecule has 1 amide bonds. The molecule has 2 unspecified atom stereocenters. The number of carbonyl (C=O) groups is 1. The third-order valence-electron chi connectivity index (χ3n) is 3.49. The van der Waals surface area contributed by atoms with Gasteiger partial charge in [-0.25, -0.2) is 0 Å². The van der Waals surface area contributed by atoms with E-state index in [-0.39, 0.29) is 17.2 Å². The van der Waals surface area contributed by atoms with Crippen molar-refractivity contribution in [2.45, 2.75) is 35.9 Å². The van der Waals surface area contributed by atoms with Crippen LogP contribution in [-0.4, -0.2) is 27.4 Å². The lowest BCUT2D eigenvalue weighted by atomic mass is 10.1. The Bertz CT molecular complexity index is 672. The van der Waals surface area contributed by atoms with E-state index in [2.05, 4.69) is 23.2 Å². The fourth-order valence-corrected chi connectivity index (χ4v) is 4.40. The summed E-state index contributed by atoms with van der Waals surface area (Å²) in [6.45, 7) is 3.98. The number of aromatic nitrogens is 2. The summed E-state index contributed by atoms with van der Waals surface area (Å²) in [4.78, 5) is 14.7. The van der Waals surface area contributed by atoms with Crippen LogP contribution in [0.4, 0.5) is 10.8 Å². The van der Waals surface area contributed by atoms with Gasteiger partial charge in [-0.3, -0.25) is 4.79 Å². The predicted molar refractivity (Wildman–Crippen MR) is 86.7 cm³/mol. The number of hydrogen-bond donors (Lipinski definition) is 1. The van der Waals surface area contributed by atoms with Crippen LogP contribution in [-0.2, 0) is 11.2 Å². The fourth-order valence-electron chi connectivity index (χ4n) is 2.57. The Morgan fingerprint density at radius 2 is 2.24 bits per heavy atom. The fraction of sp³-hybridized carbons (Fsp3) is 0.357. The summed E-state index contributed by atoms with van der Waals surface area (Å²) in [5.74, 6) is 0.103. The molecule has 0 saturated heterocycles. The number of para-hydroxylation sites is 1. The monoisotopic (exact) mass is 320 g/mol. The molecule has 2 aromatic rings. The van der Waals surface area contributed by atoms with Crippen molar-refractivity contribution in [3.63, 3.8) is 0 Å². The van der Waals surface area contributed by atoms with Gasteiger partial charge in [0, 0.05) is 11.7 Å². The van der Waals surface area contributed by atoms with Crippen LogP contribution >= 0.6 is 23.1 Å². The highest BCUT2D eigenvalue weighted by Crippen LogP contribution is 2.35. The van der Waals surface area contributed by atoms with Crippen molar-refractivity contribution in [2.75, 3.05) is 10.6 Å². The van der Waals surface area contributed by atoms with Crippen molar-refractivity contribution in [3.8, 4) is 0 Å². The van der Waals surface area contributed by atoms with E-state index in [0.717, 1.165) is 16.4 Å². The van der Waals surface area contributed by atoms with Crippen LogP contribution < -0.4 is 10.6 Å². The lowest BCUT2D eigenvalue weighted by Gasteiger charge is -2.25. The summed E-state index contributed by atoms with van der Waals surface area (Å²) in [7, 11) is 0. The molecule has 3 rings (SSSR count). The smallest absolute Gasteiger partial charge is 0.240 e. The SMILES string of the molecule is CC(Sc1nnc(N)s1)C(=O)N1c2ccccc2CC1C. The minimum absolute atomic E-state index is 0.103. The topological polar surface area (TPSA) is 72.1 Å². The van der Waals surface area contributed by atoms with E-state index in [9.17, 15) is 4.79 Å². The Morgan fingerprint density at radius 1 is 1.48 bits per heavy atom. The first kappa shape index (κ1) is 14.3. The van der Waals surface area contributed by atoms with Gasteiger partial charge < -0.3 is 10.6 Å². The molecule has 2 N–H and O–H groups in total. The van der Waals surface area contributed by atoms with Gasteiger partial charge in [-0.05, 0) is 31.9 Å². The Hall–Kier alpha value is -1.60. The van der Waals surface area contributed by atoms with Gasteiger partial charge in [-0.1, -0.05) is 41.3 Å². The van der Waals surface area contributed by atoms with E-state index in [1.165, 1.54) is 28.7 Å². The molecule has 1 aliphatic rings. The number of benzene rings is 1. The number of anilines is 2. The van der Waals surface area contributed by atoms with E-state index in [1.807, 2.05) is 30.0 Å². The highest BCUT2D eigenvalue weighted by molar-refractivity contribution is 8.02. The molecular formula is C14H16N4OS2. The number of carbonyl (C=O) groups excluding carboxylic acids is 1.